The van der Waals surface area contributed by atoms with Gasteiger partial charge in [0.15, 0.2) is 5.66 Å². The second kappa shape index (κ2) is 5.90. The van der Waals surface area contributed by atoms with E-state index in [2.05, 4.69) is 41.5 Å². The minimum Gasteiger partial charge on any atom is -0.281 e. The first-order valence-electron chi connectivity index (χ1n) is 7.92. The maximum Gasteiger partial charge on any atom is 0.225 e. The molecule has 23 heavy (non-hydrogen) atoms. The molecular formula is C19H26N2OS. The summed E-state index contributed by atoms with van der Waals surface area (Å²) in [5, 5.41) is 0.767. The van der Waals surface area contributed by atoms with Gasteiger partial charge in [0.05, 0.1) is 5.71 Å². The zero-order valence-corrected chi connectivity index (χ0v) is 15.9. The third kappa shape index (κ3) is 3.74. The second-order valence-electron chi connectivity index (χ2n) is 8.15. The third-order valence-corrected chi connectivity index (χ3v) is 5.08. The fourth-order valence-corrected chi connectivity index (χ4v) is 3.26. The quantitative estimate of drug-likeness (QED) is 0.708. The van der Waals surface area contributed by atoms with E-state index >= 15 is 0 Å². The molecule has 0 aliphatic carbocycles. The molecule has 0 aromatic heterocycles. The number of thioether (sulfide) groups is 1. The SMILES string of the molecule is CC(C)(C)C1=NC(C)(C(C)(C)C)N=C1SC(=O)c1ccccc1. The first kappa shape index (κ1) is 17.9. The van der Waals surface area contributed by atoms with E-state index in [-0.39, 0.29) is 15.9 Å². The van der Waals surface area contributed by atoms with Crippen LogP contribution in [0.2, 0.25) is 0 Å². The van der Waals surface area contributed by atoms with E-state index in [9.17, 15) is 4.79 Å². The van der Waals surface area contributed by atoms with Gasteiger partial charge in [-0.05, 0) is 18.7 Å². The highest BCUT2D eigenvalue weighted by Gasteiger charge is 2.44. The number of rotatable bonds is 1. The summed E-state index contributed by atoms with van der Waals surface area (Å²) in [6.07, 6.45) is 0. The Bertz CT molecular complexity index is 663. The number of hydrogen-bond acceptors (Lipinski definition) is 4. The van der Waals surface area contributed by atoms with Crippen LogP contribution in [0.5, 0.6) is 0 Å². The molecule has 1 unspecified atom stereocenters. The molecule has 1 heterocycles. The highest BCUT2D eigenvalue weighted by molar-refractivity contribution is 8.28. The van der Waals surface area contributed by atoms with Gasteiger partial charge in [-0.3, -0.25) is 9.79 Å². The standard InChI is InChI=1S/C19H26N2OS/c1-17(2,3)14-15(21-19(7,20-14)18(4,5)6)23-16(22)13-11-9-8-10-12-13/h8-12H,1-7H3. The lowest BCUT2D eigenvalue weighted by Gasteiger charge is -2.33. The van der Waals surface area contributed by atoms with Gasteiger partial charge < -0.3 is 0 Å². The zero-order chi connectivity index (χ0) is 17.5. The summed E-state index contributed by atoms with van der Waals surface area (Å²) in [5.41, 5.74) is 0.824. The number of nitrogens with zero attached hydrogens (tertiary/aromatic N) is 2. The van der Waals surface area contributed by atoms with E-state index in [0.29, 0.717) is 5.56 Å². The minimum atomic E-state index is -0.533. The molecule has 3 nitrogen and oxygen atoms in total. The van der Waals surface area contributed by atoms with Crippen molar-refractivity contribution in [3.05, 3.63) is 35.9 Å². The Morgan fingerprint density at radius 1 is 1.00 bits per heavy atom. The van der Waals surface area contributed by atoms with Crippen molar-refractivity contribution in [2.75, 3.05) is 0 Å². The lowest BCUT2D eigenvalue weighted by molar-refractivity contribution is 0.109. The Labute approximate surface area is 143 Å². The van der Waals surface area contributed by atoms with E-state index in [4.69, 9.17) is 9.98 Å². The third-order valence-electron chi connectivity index (χ3n) is 4.18. The van der Waals surface area contributed by atoms with Crippen LogP contribution in [-0.2, 0) is 0 Å². The van der Waals surface area contributed by atoms with Crippen molar-refractivity contribution in [1.82, 2.24) is 0 Å². The largest absolute Gasteiger partial charge is 0.281 e. The molecule has 4 heteroatoms. The molecule has 0 N–H and O–H groups in total. The van der Waals surface area contributed by atoms with Gasteiger partial charge in [0.25, 0.3) is 0 Å². The van der Waals surface area contributed by atoms with Crippen LogP contribution in [0.1, 0.15) is 58.8 Å². The van der Waals surface area contributed by atoms with Crippen LogP contribution in [0.3, 0.4) is 0 Å². The van der Waals surface area contributed by atoms with E-state index in [1.165, 1.54) is 11.8 Å². The summed E-state index contributed by atoms with van der Waals surface area (Å²) in [4.78, 5) is 22.4. The number of benzene rings is 1. The smallest absolute Gasteiger partial charge is 0.225 e. The molecule has 1 atom stereocenters. The summed E-state index contributed by atoms with van der Waals surface area (Å²) in [6, 6.07) is 9.33. The molecule has 0 amide bonds. The van der Waals surface area contributed by atoms with Gasteiger partial charge in [0.2, 0.25) is 5.12 Å². The molecule has 1 aliphatic heterocycles. The van der Waals surface area contributed by atoms with Crippen LogP contribution in [0, 0.1) is 10.8 Å². The van der Waals surface area contributed by atoms with Crippen LogP contribution < -0.4 is 0 Å². The van der Waals surface area contributed by atoms with Gasteiger partial charge in [0.1, 0.15) is 5.04 Å². The molecule has 1 aromatic carbocycles. The topological polar surface area (TPSA) is 41.8 Å². The molecule has 0 fully saturated rings. The lowest BCUT2D eigenvalue weighted by Crippen LogP contribution is -2.35. The fraction of sp³-hybridized carbons (Fsp3) is 0.526. The molecule has 2 rings (SSSR count). The summed E-state index contributed by atoms with van der Waals surface area (Å²) < 4.78 is 0. The van der Waals surface area contributed by atoms with Crippen LogP contribution in [0.25, 0.3) is 0 Å². The normalized spacial score (nSPS) is 21.9. The first-order valence-corrected chi connectivity index (χ1v) is 8.73. The molecular weight excluding hydrogens is 304 g/mol. The van der Waals surface area contributed by atoms with E-state index in [1.807, 2.05) is 37.3 Å². The van der Waals surface area contributed by atoms with E-state index < -0.39 is 5.66 Å². The maximum absolute atomic E-state index is 12.6. The minimum absolute atomic E-state index is 0.0134. The summed E-state index contributed by atoms with van der Waals surface area (Å²) in [7, 11) is 0. The van der Waals surface area contributed by atoms with Crippen LogP contribution in [-0.4, -0.2) is 21.5 Å². The Kier molecular flexibility index (Phi) is 4.60. The Morgan fingerprint density at radius 2 is 1.57 bits per heavy atom. The molecule has 1 aliphatic rings. The van der Waals surface area contributed by atoms with E-state index in [1.54, 1.807) is 0 Å². The van der Waals surface area contributed by atoms with Crippen LogP contribution in [0.4, 0.5) is 0 Å². The predicted molar refractivity (Wildman–Crippen MR) is 101 cm³/mol. The molecule has 0 saturated carbocycles. The zero-order valence-electron chi connectivity index (χ0n) is 15.1. The van der Waals surface area contributed by atoms with Gasteiger partial charge in [0, 0.05) is 16.4 Å². The van der Waals surface area contributed by atoms with Gasteiger partial charge in [-0.2, -0.15) is 0 Å². The van der Waals surface area contributed by atoms with Crippen molar-refractivity contribution < 1.29 is 4.79 Å². The van der Waals surface area contributed by atoms with Gasteiger partial charge >= 0.3 is 0 Å². The highest BCUT2D eigenvalue weighted by atomic mass is 32.2. The first-order chi connectivity index (χ1) is 10.4. The van der Waals surface area contributed by atoms with Gasteiger partial charge in [-0.25, -0.2) is 4.99 Å². The molecule has 0 saturated heterocycles. The Hall–Kier alpha value is -1.42. The van der Waals surface area contributed by atoms with Crippen molar-refractivity contribution in [3.8, 4) is 0 Å². The molecule has 0 radical (unpaired) electrons. The van der Waals surface area contributed by atoms with Crippen LogP contribution >= 0.6 is 11.8 Å². The highest BCUT2D eigenvalue weighted by Crippen LogP contribution is 2.42. The second-order valence-corrected chi connectivity index (χ2v) is 9.12. The molecule has 1 aromatic rings. The average molecular weight is 330 g/mol. The predicted octanol–water partition coefficient (Wildman–Crippen LogP) is 5.22. The van der Waals surface area contributed by atoms with Crippen molar-refractivity contribution in [3.63, 3.8) is 0 Å². The van der Waals surface area contributed by atoms with Gasteiger partial charge in [-0.15, -0.1) is 0 Å². The summed E-state index contributed by atoms with van der Waals surface area (Å²) in [5.74, 6) is 0. The molecule has 0 bridgehead atoms. The number of aliphatic imine (C=N–C) groups is 2. The lowest BCUT2D eigenvalue weighted by atomic mass is 9.82. The average Bonchev–Trinajstić information content (AvgIpc) is 2.78. The van der Waals surface area contributed by atoms with Gasteiger partial charge in [-0.1, -0.05) is 71.9 Å². The van der Waals surface area contributed by atoms with Crippen LogP contribution in [0.15, 0.2) is 40.3 Å². The summed E-state index contributed by atoms with van der Waals surface area (Å²) >= 11 is 1.19. The number of hydrogen-bond donors (Lipinski definition) is 0. The van der Waals surface area contributed by atoms with Crippen molar-refractivity contribution in [2.45, 2.75) is 54.1 Å². The Balaban J connectivity index is 2.38. The fourth-order valence-electron chi connectivity index (χ4n) is 2.16. The monoisotopic (exact) mass is 330 g/mol. The number of carbonyl (C=O) groups is 1. The molecule has 124 valence electrons. The Morgan fingerprint density at radius 3 is 2.04 bits per heavy atom. The number of carbonyl (C=O) groups excluding carboxylic acids is 1. The van der Waals surface area contributed by atoms with Crippen molar-refractivity contribution in [1.29, 1.82) is 0 Å². The summed E-state index contributed by atoms with van der Waals surface area (Å²) in [6.45, 7) is 14.8. The van der Waals surface area contributed by atoms with E-state index in [0.717, 1.165) is 10.8 Å². The van der Waals surface area contributed by atoms with Crippen molar-refractivity contribution in [2.24, 2.45) is 20.8 Å². The molecule has 0 spiro atoms. The van der Waals surface area contributed by atoms with Crippen molar-refractivity contribution >= 4 is 27.6 Å². The maximum atomic E-state index is 12.6.